The number of nitrogen functional groups attached to an aromatic ring is 1. The van der Waals surface area contributed by atoms with Crippen LogP contribution in [0, 0.1) is 15.9 Å². The Labute approximate surface area is 133 Å². The predicted molar refractivity (Wildman–Crippen MR) is 85.4 cm³/mol. The molecule has 0 aliphatic carbocycles. The summed E-state index contributed by atoms with van der Waals surface area (Å²) in [5.41, 5.74) is 4.66. The van der Waals surface area contributed by atoms with Crippen LogP contribution in [-0.2, 0) is 4.74 Å². The van der Waals surface area contributed by atoms with Gasteiger partial charge >= 0.3 is 6.09 Å². The van der Waals surface area contributed by atoms with Crippen LogP contribution >= 0.6 is 0 Å². The number of nitro benzene ring substituents is 1. The highest BCUT2D eigenvalue weighted by atomic mass is 19.1. The first-order valence-electron chi connectivity index (χ1n) is 6.97. The number of rotatable bonds is 5. The number of hydrogen-bond donors (Lipinski definition) is 2. The zero-order chi connectivity index (χ0) is 17.6. The fraction of sp³-hybridized carbons (Fsp3) is 0.400. The van der Waals surface area contributed by atoms with E-state index in [1.54, 1.807) is 26.8 Å². The Bertz CT molecular complexity index is 624. The second-order valence-electron chi connectivity index (χ2n) is 5.81. The lowest BCUT2D eigenvalue weighted by Crippen LogP contribution is -2.32. The van der Waals surface area contributed by atoms with Crippen molar-refractivity contribution in [2.45, 2.75) is 32.8 Å². The summed E-state index contributed by atoms with van der Waals surface area (Å²) in [5.74, 6) is -0.842. The van der Waals surface area contributed by atoms with Crippen molar-refractivity contribution in [2.75, 3.05) is 12.3 Å². The van der Waals surface area contributed by atoms with Crippen LogP contribution in [0.3, 0.4) is 0 Å². The van der Waals surface area contributed by atoms with Crippen molar-refractivity contribution in [2.24, 2.45) is 0 Å². The molecule has 0 aliphatic heterocycles. The smallest absolute Gasteiger partial charge is 0.407 e. The number of amides is 1. The zero-order valence-electron chi connectivity index (χ0n) is 13.3. The van der Waals surface area contributed by atoms with E-state index in [1.165, 1.54) is 12.1 Å². The molecule has 1 aromatic carbocycles. The van der Waals surface area contributed by atoms with Crippen LogP contribution in [0.1, 0.15) is 32.8 Å². The minimum Gasteiger partial charge on any atom is -0.444 e. The second kappa shape index (κ2) is 7.57. The van der Waals surface area contributed by atoms with Gasteiger partial charge in [0.2, 0.25) is 0 Å². The number of halogens is 1. The van der Waals surface area contributed by atoms with Crippen molar-refractivity contribution in [3.05, 3.63) is 39.7 Å². The van der Waals surface area contributed by atoms with Gasteiger partial charge in [0.1, 0.15) is 5.60 Å². The Kier molecular flexibility index (Phi) is 6.06. The summed E-state index contributed by atoms with van der Waals surface area (Å²) in [5, 5.41) is 13.2. The molecular formula is C15H20FN3O4. The summed E-state index contributed by atoms with van der Waals surface area (Å²) in [4.78, 5) is 21.4. The Hall–Kier alpha value is -2.64. The molecule has 0 saturated heterocycles. The van der Waals surface area contributed by atoms with E-state index in [-0.39, 0.29) is 16.9 Å². The molecule has 8 heteroatoms. The first-order valence-corrected chi connectivity index (χ1v) is 6.97. The summed E-state index contributed by atoms with van der Waals surface area (Å²) in [6.45, 7) is 5.58. The van der Waals surface area contributed by atoms with E-state index in [1.807, 2.05) is 0 Å². The fourth-order valence-electron chi connectivity index (χ4n) is 1.65. The van der Waals surface area contributed by atoms with E-state index >= 15 is 0 Å². The highest BCUT2D eigenvalue weighted by Gasteiger charge is 2.15. The van der Waals surface area contributed by atoms with Gasteiger partial charge in [0.15, 0.2) is 5.82 Å². The van der Waals surface area contributed by atoms with Gasteiger partial charge in [-0.2, -0.15) is 0 Å². The van der Waals surface area contributed by atoms with Gasteiger partial charge in [0.25, 0.3) is 5.69 Å². The number of nitrogens with zero attached hydrogens (tertiary/aromatic N) is 1. The van der Waals surface area contributed by atoms with Crippen molar-refractivity contribution in [3.63, 3.8) is 0 Å². The number of non-ortho nitro benzene ring substituents is 1. The van der Waals surface area contributed by atoms with E-state index in [4.69, 9.17) is 10.5 Å². The number of anilines is 1. The Morgan fingerprint density at radius 2 is 2.13 bits per heavy atom. The molecule has 0 saturated carbocycles. The molecule has 0 unspecified atom stereocenters. The highest BCUT2D eigenvalue weighted by molar-refractivity contribution is 5.68. The number of nitrogens with one attached hydrogen (secondary N) is 1. The number of alkyl carbamates (subject to hydrolysis) is 1. The maximum atomic E-state index is 13.5. The topological polar surface area (TPSA) is 107 Å². The quantitative estimate of drug-likeness (QED) is 0.374. The molecule has 0 bridgehead atoms. The van der Waals surface area contributed by atoms with Crippen LogP contribution in [-0.4, -0.2) is 23.2 Å². The summed E-state index contributed by atoms with van der Waals surface area (Å²) in [6, 6.07) is 1.97. The van der Waals surface area contributed by atoms with E-state index < -0.39 is 22.4 Å². The lowest BCUT2D eigenvalue weighted by atomic mass is 10.1. The first kappa shape index (κ1) is 18.4. The van der Waals surface area contributed by atoms with Gasteiger partial charge in [0.05, 0.1) is 16.7 Å². The lowest BCUT2D eigenvalue weighted by Gasteiger charge is -2.19. The van der Waals surface area contributed by atoms with E-state index in [2.05, 4.69) is 5.32 Å². The van der Waals surface area contributed by atoms with E-state index in [9.17, 15) is 19.3 Å². The number of nitrogens with two attached hydrogens (primary N) is 1. The van der Waals surface area contributed by atoms with Gasteiger partial charge in [-0.3, -0.25) is 10.1 Å². The summed E-state index contributed by atoms with van der Waals surface area (Å²) < 4.78 is 18.6. The molecular weight excluding hydrogens is 305 g/mol. The largest absolute Gasteiger partial charge is 0.444 e. The zero-order valence-corrected chi connectivity index (χ0v) is 13.3. The van der Waals surface area contributed by atoms with Crippen LogP contribution in [0.25, 0.3) is 6.08 Å². The molecule has 0 spiro atoms. The number of carbonyl (C=O) groups excluding carboxylic acids is 1. The normalized spacial score (nSPS) is 11.5. The van der Waals surface area contributed by atoms with Crippen LogP contribution in [0.15, 0.2) is 18.2 Å². The van der Waals surface area contributed by atoms with Crippen LogP contribution in [0.4, 0.5) is 20.6 Å². The molecule has 1 amide bonds. The Morgan fingerprint density at radius 3 is 2.70 bits per heavy atom. The number of ether oxygens (including phenoxy) is 1. The van der Waals surface area contributed by atoms with E-state index in [0.717, 1.165) is 6.07 Å². The monoisotopic (exact) mass is 325 g/mol. The van der Waals surface area contributed by atoms with Gasteiger partial charge in [-0.05, 0) is 27.2 Å². The van der Waals surface area contributed by atoms with Gasteiger partial charge in [0, 0.05) is 18.2 Å². The van der Waals surface area contributed by atoms with Gasteiger partial charge < -0.3 is 15.8 Å². The van der Waals surface area contributed by atoms with Crippen molar-refractivity contribution < 1.29 is 18.8 Å². The molecule has 3 N–H and O–H groups in total. The molecule has 1 aromatic rings. The SMILES string of the molecule is CC(C)(C)OC(=O)NCCC=Cc1cc([N+](=O)[O-])cc(F)c1N. The molecule has 126 valence electrons. The molecule has 0 aromatic heterocycles. The number of nitro groups is 1. The third kappa shape index (κ3) is 6.33. The molecule has 1 rings (SSSR count). The number of carbonyl (C=O) groups is 1. The fourth-order valence-corrected chi connectivity index (χ4v) is 1.65. The third-order valence-electron chi connectivity index (χ3n) is 2.63. The molecule has 0 aliphatic rings. The molecule has 0 heterocycles. The van der Waals surface area contributed by atoms with Crippen molar-refractivity contribution in [1.29, 1.82) is 0 Å². The van der Waals surface area contributed by atoms with Gasteiger partial charge in [-0.1, -0.05) is 12.2 Å². The Balaban J connectivity index is 2.59. The Morgan fingerprint density at radius 1 is 1.48 bits per heavy atom. The molecule has 7 nitrogen and oxygen atoms in total. The number of benzene rings is 1. The number of hydrogen-bond acceptors (Lipinski definition) is 5. The summed E-state index contributed by atoms with van der Waals surface area (Å²) in [6.07, 6.45) is 3.00. The molecule has 0 radical (unpaired) electrons. The summed E-state index contributed by atoms with van der Waals surface area (Å²) in [7, 11) is 0. The minimum absolute atomic E-state index is 0.160. The van der Waals surface area contributed by atoms with Gasteiger partial charge in [-0.25, -0.2) is 9.18 Å². The minimum atomic E-state index is -0.842. The highest BCUT2D eigenvalue weighted by Crippen LogP contribution is 2.24. The van der Waals surface area contributed by atoms with Crippen LogP contribution < -0.4 is 11.1 Å². The first-order chi connectivity index (χ1) is 10.6. The standard InChI is InChI=1S/C15H20FN3O4/c1-15(2,3)23-14(20)18-7-5-4-6-10-8-11(19(21)22)9-12(16)13(10)17/h4,6,8-9H,5,7,17H2,1-3H3,(H,18,20). The molecule has 0 fully saturated rings. The van der Waals surface area contributed by atoms with Crippen LogP contribution in [0.5, 0.6) is 0 Å². The predicted octanol–water partition coefficient (Wildman–Crippen LogP) is 3.24. The molecule has 0 atom stereocenters. The van der Waals surface area contributed by atoms with Crippen molar-refractivity contribution in [1.82, 2.24) is 5.32 Å². The summed E-state index contributed by atoms with van der Waals surface area (Å²) >= 11 is 0. The van der Waals surface area contributed by atoms with Crippen molar-refractivity contribution in [3.8, 4) is 0 Å². The van der Waals surface area contributed by atoms with Crippen LogP contribution in [0.2, 0.25) is 0 Å². The lowest BCUT2D eigenvalue weighted by molar-refractivity contribution is -0.385. The van der Waals surface area contributed by atoms with E-state index in [0.29, 0.717) is 13.0 Å². The average molecular weight is 325 g/mol. The van der Waals surface area contributed by atoms with Crippen molar-refractivity contribution >= 4 is 23.5 Å². The maximum Gasteiger partial charge on any atom is 0.407 e. The van der Waals surface area contributed by atoms with Gasteiger partial charge in [-0.15, -0.1) is 0 Å². The average Bonchev–Trinajstić information content (AvgIpc) is 2.40. The second-order valence-corrected chi connectivity index (χ2v) is 5.81. The molecule has 23 heavy (non-hydrogen) atoms. The maximum absolute atomic E-state index is 13.5. The third-order valence-corrected chi connectivity index (χ3v) is 2.63.